The zero-order valence-electron chi connectivity index (χ0n) is 28.5. The van der Waals surface area contributed by atoms with Crippen molar-refractivity contribution in [3.63, 3.8) is 0 Å². The Labute approximate surface area is 291 Å². The summed E-state index contributed by atoms with van der Waals surface area (Å²) in [6.45, 7) is 5.38. The standard InChI is InChI=1S/C42H39N3O5/c1-25-18-27-10-4-5-11-29(27)23-45(25)40(46)37-20-30-22-44(17-16-28(30)19-36(37)39-21-35(41(47)48)26(2)43(39)3)42(49)50-24-38-33-14-8-6-12-31(33)32-13-7-9-15-34(32)38/h4-15,19-21,25,38H,16-18,22-24H2,1-3H3,(H,47,48)/t25-/m1/s1. The van der Waals surface area contributed by atoms with Crippen LogP contribution < -0.4 is 0 Å². The second-order valence-corrected chi connectivity index (χ2v) is 13.8. The Hall–Kier alpha value is -5.63. The number of aromatic nitrogens is 1. The molecule has 1 N–H and O–H groups in total. The first-order valence-electron chi connectivity index (χ1n) is 17.2. The van der Waals surface area contributed by atoms with Gasteiger partial charge in [-0.3, -0.25) is 4.79 Å². The lowest BCUT2D eigenvalue weighted by Gasteiger charge is -2.36. The van der Waals surface area contributed by atoms with Gasteiger partial charge in [0.1, 0.15) is 6.61 Å². The predicted molar refractivity (Wildman–Crippen MR) is 191 cm³/mol. The molecule has 1 aromatic heterocycles. The molecule has 0 radical (unpaired) electrons. The van der Waals surface area contributed by atoms with Gasteiger partial charge in [0.25, 0.3) is 5.91 Å². The summed E-state index contributed by atoms with van der Waals surface area (Å²) in [5.41, 5.74) is 11.7. The lowest BCUT2D eigenvalue weighted by molar-refractivity contribution is 0.0656. The van der Waals surface area contributed by atoms with Crippen LogP contribution in [0.2, 0.25) is 0 Å². The molecule has 252 valence electrons. The van der Waals surface area contributed by atoms with Gasteiger partial charge in [0, 0.05) is 61.2 Å². The number of carboxylic acids is 1. The molecule has 1 atom stereocenters. The first-order valence-corrected chi connectivity index (χ1v) is 17.2. The normalized spacial score (nSPS) is 16.3. The van der Waals surface area contributed by atoms with E-state index < -0.39 is 5.97 Å². The van der Waals surface area contributed by atoms with Crippen molar-refractivity contribution in [3.05, 3.63) is 141 Å². The average molecular weight is 666 g/mol. The molecule has 3 heterocycles. The quantitative estimate of drug-likeness (QED) is 0.209. The summed E-state index contributed by atoms with van der Waals surface area (Å²) in [7, 11) is 1.84. The van der Waals surface area contributed by atoms with Crippen LogP contribution in [-0.4, -0.2) is 56.6 Å². The van der Waals surface area contributed by atoms with Gasteiger partial charge in [-0.25, -0.2) is 9.59 Å². The van der Waals surface area contributed by atoms with Gasteiger partial charge >= 0.3 is 12.1 Å². The second kappa shape index (κ2) is 12.4. The van der Waals surface area contributed by atoms with Gasteiger partial charge in [0.2, 0.25) is 0 Å². The van der Waals surface area contributed by atoms with E-state index in [0.717, 1.165) is 34.2 Å². The molecular formula is C42H39N3O5. The number of amides is 2. The second-order valence-electron chi connectivity index (χ2n) is 13.8. The zero-order valence-corrected chi connectivity index (χ0v) is 28.5. The minimum absolute atomic E-state index is 0.0247. The highest BCUT2D eigenvalue weighted by Gasteiger charge is 2.33. The number of carbonyl (C=O) groups is 3. The summed E-state index contributed by atoms with van der Waals surface area (Å²) in [6.07, 6.45) is 0.966. The van der Waals surface area contributed by atoms with Crippen LogP contribution in [0.3, 0.4) is 0 Å². The molecule has 0 unspecified atom stereocenters. The highest BCUT2D eigenvalue weighted by molar-refractivity contribution is 6.02. The third-order valence-electron chi connectivity index (χ3n) is 11.0. The Morgan fingerprint density at radius 1 is 0.780 bits per heavy atom. The minimum atomic E-state index is -1.00. The van der Waals surface area contributed by atoms with Gasteiger partial charge in [0.05, 0.1) is 5.56 Å². The van der Waals surface area contributed by atoms with Crippen molar-refractivity contribution in [2.75, 3.05) is 13.2 Å². The van der Waals surface area contributed by atoms with E-state index in [4.69, 9.17) is 4.74 Å². The van der Waals surface area contributed by atoms with Crippen LogP contribution in [0.1, 0.15) is 72.6 Å². The van der Waals surface area contributed by atoms with E-state index >= 15 is 0 Å². The molecule has 8 rings (SSSR count). The zero-order chi connectivity index (χ0) is 34.7. The fourth-order valence-corrected chi connectivity index (χ4v) is 8.12. The van der Waals surface area contributed by atoms with Crippen molar-refractivity contribution in [1.82, 2.24) is 14.4 Å². The van der Waals surface area contributed by atoms with Crippen LogP contribution in [0, 0.1) is 6.92 Å². The van der Waals surface area contributed by atoms with Crippen LogP contribution in [0.25, 0.3) is 22.4 Å². The fourth-order valence-electron chi connectivity index (χ4n) is 8.12. The molecule has 3 aliphatic rings. The molecule has 2 amide bonds. The summed E-state index contributed by atoms with van der Waals surface area (Å²) < 4.78 is 7.86. The van der Waals surface area contributed by atoms with E-state index in [2.05, 4.69) is 43.3 Å². The number of nitrogens with zero attached hydrogens (tertiary/aromatic N) is 3. The molecule has 8 nitrogen and oxygen atoms in total. The van der Waals surface area contributed by atoms with Gasteiger partial charge in [-0.05, 0) is 89.4 Å². The fraction of sp³-hybridized carbons (Fsp3) is 0.262. The van der Waals surface area contributed by atoms with Crippen LogP contribution in [0.4, 0.5) is 4.79 Å². The first-order chi connectivity index (χ1) is 24.2. The van der Waals surface area contributed by atoms with Gasteiger partial charge in [-0.2, -0.15) is 0 Å². The highest BCUT2D eigenvalue weighted by Crippen LogP contribution is 2.44. The van der Waals surface area contributed by atoms with Gasteiger partial charge in [-0.1, -0.05) is 72.8 Å². The number of rotatable bonds is 5. The lowest BCUT2D eigenvalue weighted by Crippen LogP contribution is -2.43. The third-order valence-corrected chi connectivity index (χ3v) is 11.0. The van der Waals surface area contributed by atoms with Crippen molar-refractivity contribution < 1.29 is 24.2 Å². The number of fused-ring (bicyclic) bond motifs is 5. The van der Waals surface area contributed by atoms with Crippen LogP contribution >= 0.6 is 0 Å². The molecule has 50 heavy (non-hydrogen) atoms. The molecule has 2 aliphatic heterocycles. The Bertz CT molecular complexity index is 2150. The van der Waals surface area contributed by atoms with Crippen molar-refractivity contribution in [2.45, 2.75) is 51.7 Å². The van der Waals surface area contributed by atoms with Gasteiger partial charge < -0.3 is 24.2 Å². The van der Waals surface area contributed by atoms with Crippen LogP contribution in [0.5, 0.6) is 0 Å². The Balaban J connectivity index is 1.10. The van der Waals surface area contributed by atoms with Crippen molar-refractivity contribution in [1.29, 1.82) is 0 Å². The molecule has 0 saturated carbocycles. The number of benzene rings is 4. The van der Waals surface area contributed by atoms with E-state index in [-0.39, 0.29) is 36.1 Å². The van der Waals surface area contributed by atoms with Crippen LogP contribution in [0.15, 0.2) is 91.0 Å². The van der Waals surface area contributed by atoms with E-state index in [1.165, 1.54) is 16.7 Å². The third kappa shape index (κ3) is 5.26. The molecule has 4 aromatic carbocycles. The number of hydrogen-bond donors (Lipinski definition) is 1. The monoisotopic (exact) mass is 665 g/mol. The molecule has 1 aliphatic carbocycles. The Morgan fingerprint density at radius 2 is 1.44 bits per heavy atom. The molecule has 8 heteroatoms. The van der Waals surface area contributed by atoms with E-state index in [9.17, 15) is 19.5 Å². The number of carbonyl (C=O) groups excluding carboxylic acids is 2. The maximum Gasteiger partial charge on any atom is 0.410 e. The summed E-state index contributed by atoms with van der Waals surface area (Å²) in [5.74, 6) is -1.15. The summed E-state index contributed by atoms with van der Waals surface area (Å²) >= 11 is 0. The molecular weight excluding hydrogens is 626 g/mol. The number of carboxylic acid groups (broad SMARTS) is 1. The predicted octanol–water partition coefficient (Wildman–Crippen LogP) is 7.59. The molecule has 5 aromatic rings. The lowest BCUT2D eigenvalue weighted by atomic mass is 9.90. The summed E-state index contributed by atoms with van der Waals surface area (Å²) in [5, 5.41) is 9.91. The number of aromatic carboxylic acids is 1. The van der Waals surface area contributed by atoms with Gasteiger partial charge in [-0.15, -0.1) is 0 Å². The smallest absolute Gasteiger partial charge is 0.410 e. The average Bonchev–Trinajstić information content (AvgIpc) is 3.62. The molecule has 0 saturated heterocycles. The van der Waals surface area contributed by atoms with E-state index in [1.807, 2.05) is 65.0 Å². The maximum absolute atomic E-state index is 14.6. The maximum atomic E-state index is 14.6. The van der Waals surface area contributed by atoms with E-state index in [0.29, 0.717) is 48.6 Å². The first kappa shape index (κ1) is 31.6. The van der Waals surface area contributed by atoms with Crippen molar-refractivity contribution in [2.24, 2.45) is 7.05 Å². The Morgan fingerprint density at radius 3 is 2.12 bits per heavy atom. The number of ether oxygens (including phenoxy) is 1. The summed E-state index contributed by atoms with van der Waals surface area (Å²) in [6, 6.07) is 30.4. The Kier molecular flexibility index (Phi) is 7.82. The van der Waals surface area contributed by atoms with Crippen LogP contribution in [-0.2, 0) is 37.7 Å². The SMILES string of the molecule is Cc1c(C(=O)O)cc(-c2cc3c(cc2C(=O)N2Cc4ccccc4C[C@H]2C)CN(C(=O)OCC2c4ccccc4-c4ccccc42)CC3)n1C. The van der Waals surface area contributed by atoms with Crippen molar-refractivity contribution >= 4 is 18.0 Å². The largest absolute Gasteiger partial charge is 0.478 e. The van der Waals surface area contributed by atoms with E-state index in [1.54, 1.807) is 17.9 Å². The molecule has 0 bridgehead atoms. The topological polar surface area (TPSA) is 92.1 Å². The van der Waals surface area contributed by atoms with Gasteiger partial charge in [0.15, 0.2) is 0 Å². The highest BCUT2D eigenvalue weighted by atomic mass is 16.6. The molecule has 0 fully saturated rings. The summed E-state index contributed by atoms with van der Waals surface area (Å²) in [4.78, 5) is 43.9. The number of hydrogen-bond acceptors (Lipinski definition) is 4. The van der Waals surface area contributed by atoms with Crippen molar-refractivity contribution in [3.8, 4) is 22.4 Å². The minimum Gasteiger partial charge on any atom is -0.478 e. The molecule has 0 spiro atoms.